The van der Waals surface area contributed by atoms with Crippen molar-refractivity contribution in [1.29, 1.82) is 0 Å². The lowest BCUT2D eigenvalue weighted by Gasteiger charge is -2.32. The van der Waals surface area contributed by atoms with Crippen molar-refractivity contribution >= 4 is 10.0 Å². The fourth-order valence-electron chi connectivity index (χ4n) is 3.06. The molecule has 130 valence electrons. The van der Waals surface area contributed by atoms with Crippen molar-refractivity contribution in [3.63, 3.8) is 0 Å². The molecule has 1 aliphatic rings. The van der Waals surface area contributed by atoms with E-state index in [1.807, 2.05) is 18.6 Å². The summed E-state index contributed by atoms with van der Waals surface area (Å²) in [6, 6.07) is 8.61. The molecule has 0 bridgehead atoms. The quantitative estimate of drug-likeness (QED) is 0.827. The number of hydrogen-bond donors (Lipinski definition) is 1. The van der Waals surface area contributed by atoms with Gasteiger partial charge in [0, 0.05) is 25.0 Å². The molecule has 6 nitrogen and oxygen atoms in total. The molecule has 1 N–H and O–H groups in total. The molecule has 2 aromatic rings. The minimum Gasteiger partial charge on any atom is -0.337 e. The minimum absolute atomic E-state index is 0.0279. The van der Waals surface area contributed by atoms with Crippen LogP contribution in [-0.4, -0.2) is 48.5 Å². The minimum atomic E-state index is -3.40. The predicted octanol–water partition coefficient (Wildman–Crippen LogP) is 1.72. The summed E-state index contributed by atoms with van der Waals surface area (Å²) >= 11 is 0. The van der Waals surface area contributed by atoms with Crippen molar-refractivity contribution < 1.29 is 8.42 Å². The molecular weight excluding hydrogens is 324 g/mol. The SMILES string of the molecule is O=S(=O)(NC1CCN(CCCn2ccnc2)CC1)c1ccccc1. The van der Waals surface area contributed by atoms with Gasteiger partial charge >= 0.3 is 0 Å². The lowest BCUT2D eigenvalue weighted by Crippen LogP contribution is -2.44. The highest BCUT2D eigenvalue weighted by Crippen LogP contribution is 2.15. The van der Waals surface area contributed by atoms with Crippen LogP contribution in [0.15, 0.2) is 53.9 Å². The maximum absolute atomic E-state index is 12.4. The summed E-state index contributed by atoms with van der Waals surface area (Å²) in [6.45, 7) is 3.88. The van der Waals surface area contributed by atoms with Gasteiger partial charge in [-0.05, 0) is 51.0 Å². The highest BCUT2D eigenvalue weighted by Gasteiger charge is 2.24. The second kappa shape index (κ2) is 7.92. The number of benzene rings is 1. The third-order valence-electron chi connectivity index (χ3n) is 4.41. The largest absolute Gasteiger partial charge is 0.337 e. The maximum Gasteiger partial charge on any atom is 0.240 e. The summed E-state index contributed by atoms with van der Waals surface area (Å²) in [4.78, 5) is 6.79. The molecule has 7 heteroatoms. The van der Waals surface area contributed by atoms with Gasteiger partial charge in [-0.15, -0.1) is 0 Å². The van der Waals surface area contributed by atoms with E-state index in [9.17, 15) is 8.42 Å². The van der Waals surface area contributed by atoms with Crippen LogP contribution in [-0.2, 0) is 16.6 Å². The van der Waals surface area contributed by atoms with Crippen LogP contribution >= 0.6 is 0 Å². The number of imidazole rings is 1. The molecule has 0 atom stereocenters. The highest BCUT2D eigenvalue weighted by atomic mass is 32.2. The Labute approximate surface area is 143 Å². The van der Waals surface area contributed by atoms with Gasteiger partial charge in [0.2, 0.25) is 10.0 Å². The molecule has 0 unspecified atom stereocenters. The van der Waals surface area contributed by atoms with Gasteiger partial charge in [-0.2, -0.15) is 0 Å². The van der Waals surface area contributed by atoms with Gasteiger partial charge in [0.25, 0.3) is 0 Å². The number of hydrogen-bond acceptors (Lipinski definition) is 4. The van der Waals surface area contributed by atoms with E-state index in [2.05, 4.69) is 19.2 Å². The van der Waals surface area contributed by atoms with Gasteiger partial charge < -0.3 is 9.47 Å². The van der Waals surface area contributed by atoms with E-state index in [1.54, 1.807) is 30.5 Å². The first-order valence-electron chi connectivity index (χ1n) is 8.39. The number of aryl methyl sites for hydroxylation is 1. The van der Waals surface area contributed by atoms with Crippen LogP contribution in [0.25, 0.3) is 0 Å². The first-order chi connectivity index (χ1) is 11.6. The zero-order valence-electron chi connectivity index (χ0n) is 13.7. The summed E-state index contributed by atoms with van der Waals surface area (Å²) in [6.07, 6.45) is 8.41. The van der Waals surface area contributed by atoms with Crippen molar-refractivity contribution in [1.82, 2.24) is 19.2 Å². The topological polar surface area (TPSA) is 67.2 Å². The molecule has 1 aliphatic heterocycles. The Kier molecular flexibility index (Phi) is 5.65. The molecule has 1 aromatic carbocycles. The number of rotatable bonds is 7. The van der Waals surface area contributed by atoms with Gasteiger partial charge in [-0.25, -0.2) is 18.1 Å². The molecule has 0 amide bonds. The zero-order valence-corrected chi connectivity index (χ0v) is 14.5. The average Bonchev–Trinajstić information content (AvgIpc) is 3.10. The summed E-state index contributed by atoms with van der Waals surface area (Å²) in [5.74, 6) is 0. The molecule has 0 spiro atoms. The van der Waals surface area contributed by atoms with Gasteiger partial charge in [-0.3, -0.25) is 0 Å². The van der Waals surface area contributed by atoms with Crippen LogP contribution in [0.1, 0.15) is 19.3 Å². The molecule has 1 fully saturated rings. The van der Waals surface area contributed by atoms with Crippen molar-refractivity contribution in [2.45, 2.75) is 36.7 Å². The Morgan fingerprint density at radius 1 is 1.12 bits per heavy atom. The van der Waals surface area contributed by atoms with E-state index in [-0.39, 0.29) is 6.04 Å². The smallest absolute Gasteiger partial charge is 0.240 e. The highest BCUT2D eigenvalue weighted by molar-refractivity contribution is 7.89. The van der Waals surface area contributed by atoms with Crippen LogP contribution in [0.5, 0.6) is 0 Å². The monoisotopic (exact) mass is 348 g/mol. The van der Waals surface area contributed by atoms with E-state index in [4.69, 9.17) is 0 Å². The van der Waals surface area contributed by atoms with Crippen LogP contribution < -0.4 is 4.72 Å². The number of piperidine rings is 1. The van der Waals surface area contributed by atoms with Crippen molar-refractivity contribution in [3.05, 3.63) is 49.1 Å². The number of nitrogens with zero attached hydrogens (tertiary/aromatic N) is 3. The number of likely N-dealkylation sites (tertiary alicyclic amines) is 1. The van der Waals surface area contributed by atoms with Crippen molar-refractivity contribution in [2.75, 3.05) is 19.6 Å². The van der Waals surface area contributed by atoms with Crippen molar-refractivity contribution in [3.8, 4) is 0 Å². The Balaban J connectivity index is 1.42. The van der Waals surface area contributed by atoms with Crippen LogP contribution in [0.3, 0.4) is 0 Å². The molecule has 1 aromatic heterocycles. The summed E-state index contributed by atoms with van der Waals surface area (Å²) in [5, 5.41) is 0. The van der Waals surface area contributed by atoms with E-state index >= 15 is 0 Å². The van der Waals surface area contributed by atoms with E-state index in [1.165, 1.54) is 0 Å². The summed E-state index contributed by atoms with van der Waals surface area (Å²) in [5.41, 5.74) is 0. The zero-order chi connectivity index (χ0) is 16.8. The van der Waals surface area contributed by atoms with Gasteiger partial charge in [0.05, 0.1) is 11.2 Å². The van der Waals surface area contributed by atoms with E-state index in [0.717, 1.165) is 45.4 Å². The number of sulfonamides is 1. The predicted molar refractivity (Wildman–Crippen MR) is 93.1 cm³/mol. The Morgan fingerprint density at radius 2 is 1.88 bits per heavy atom. The van der Waals surface area contributed by atoms with Crippen molar-refractivity contribution in [2.24, 2.45) is 0 Å². The van der Waals surface area contributed by atoms with Gasteiger partial charge in [0.1, 0.15) is 0 Å². The molecule has 0 aliphatic carbocycles. The van der Waals surface area contributed by atoms with Gasteiger partial charge in [0.15, 0.2) is 0 Å². The summed E-state index contributed by atoms with van der Waals surface area (Å²) in [7, 11) is -3.40. The van der Waals surface area contributed by atoms with Crippen LogP contribution in [0.4, 0.5) is 0 Å². The molecule has 0 radical (unpaired) electrons. The van der Waals surface area contributed by atoms with Gasteiger partial charge in [-0.1, -0.05) is 18.2 Å². The fourth-order valence-corrected chi connectivity index (χ4v) is 4.38. The molecule has 24 heavy (non-hydrogen) atoms. The maximum atomic E-state index is 12.4. The van der Waals surface area contributed by atoms with Crippen LogP contribution in [0.2, 0.25) is 0 Å². The molecule has 1 saturated heterocycles. The van der Waals surface area contributed by atoms with E-state index < -0.39 is 10.0 Å². The molecule has 0 saturated carbocycles. The summed E-state index contributed by atoms with van der Waals surface area (Å²) < 4.78 is 29.6. The normalized spacial score (nSPS) is 17.2. The van der Waals surface area contributed by atoms with E-state index in [0.29, 0.717) is 4.90 Å². The molecular formula is C17H24N4O2S. The Hall–Kier alpha value is -1.70. The number of nitrogens with one attached hydrogen (secondary N) is 1. The standard InChI is InChI=1S/C17H24N4O2S/c22-24(23,17-5-2-1-3-6-17)19-16-7-12-20(13-8-16)10-4-11-21-14-9-18-15-21/h1-3,5-6,9,14-16,19H,4,7-8,10-13H2. The third kappa shape index (κ3) is 4.66. The first kappa shape index (κ1) is 17.1. The molecule has 3 rings (SSSR count). The molecule has 2 heterocycles. The second-order valence-corrected chi connectivity index (χ2v) is 7.92. The number of aromatic nitrogens is 2. The first-order valence-corrected chi connectivity index (χ1v) is 9.87. The van der Waals surface area contributed by atoms with Crippen LogP contribution in [0, 0.1) is 0 Å². The lowest BCUT2D eigenvalue weighted by atomic mass is 10.1. The Morgan fingerprint density at radius 3 is 2.54 bits per heavy atom. The lowest BCUT2D eigenvalue weighted by molar-refractivity contribution is 0.202. The second-order valence-electron chi connectivity index (χ2n) is 6.20. The third-order valence-corrected chi connectivity index (χ3v) is 5.95. The Bertz CT molecular complexity index is 708. The average molecular weight is 348 g/mol. The fraction of sp³-hybridized carbons (Fsp3) is 0.471.